The van der Waals surface area contributed by atoms with E-state index in [2.05, 4.69) is 42.3 Å². The van der Waals surface area contributed by atoms with Crippen molar-refractivity contribution < 1.29 is 4.79 Å². The zero-order valence-corrected chi connectivity index (χ0v) is 15.4. The van der Waals surface area contributed by atoms with Crippen LogP contribution in [0.5, 0.6) is 0 Å². The van der Waals surface area contributed by atoms with Gasteiger partial charge < -0.3 is 4.90 Å². The Balaban J connectivity index is 1.26. The van der Waals surface area contributed by atoms with Crippen molar-refractivity contribution in [3.63, 3.8) is 0 Å². The highest BCUT2D eigenvalue weighted by Gasteiger charge is 2.35. The van der Waals surface area contributed by atoms with Gasteiger partial charge in [0.1, 0.15) is 0 Å². The number of aromatic amines is 1. The molecule has 0 aliphatic carbocycles. The number of hydrogen-bond acceptors (Lipinski definition) is 6. The van der Waals surface area contributed by atoms with Crippen LogP contribution < -0.4 is 4.90 Å². The van der Waals surface area contributed by atoms with Crippen LogP contribution >= 0.6 is 0 Å². The highest BCUT2D eigenvalue weighted by molar-refractivity contribution is 5.82. The lowest BCUT2D eigenvalue weighted by Crippen LogP contribution is -2.41. The molecule has 1 saturated heterocycles. The lowest BCUT2D eigenvalue weighted by Gasteiger charge is -2.33. The molecule has 2 aliphatic heterocycles. The van der Waals surface area contributed by atoms with Crippen LogP contribution in [0.25, 0.3) is 11.0 Å². The largest absolute Gasteiger partial charge is 0.341 e. The Bertz CT molecular complexity index is 1010. The topological polar surface area (TPSA) is 90.4 Å². The first kappa shape index (κ1) is 16.9. The molecule has 8 heteroatoms. The van der Waals surface area contributed by atoms with E-state index >= 15 is 0 Å². The van der Waals surface area contributed by atoms with Gasteiger partial charge in [-0.1, -0.05) is 30.3 Å². The van der Waals surface area contributed by atoms with E-state index in [1.54, 1.807) is 17.4 Å². The molecule has 0 saturated carbocycles. The molecule has 0 bridgehead atoms. The van der Waals surface area contributed by atoms with Gasteiger partial charge in [-0.2, -0.15) is 15.2 Å². The number of nitrogens with one attached hydrogen (secondary N) is 1. The molecule has 0 radical (unpaired) electrons. The molecule has 2 aliphatic rings. The molecule has 28 heavy (non-hydrogen) atoms. The summed E-state index contributed by atoms with van der Waals surface area (Å²) >= 11 is 0. The maximum Gasteiger partial charge on any atom is 0.246 e. The minimum Gasteiger partial charge on any atom is -0.341 e. The maximum absolute atomic E-state index is 13.1. The summed E-state index contributed by atoms with van der Waals surface area (Å²) in [4.78, 5) is 24.2. The molecule has 5 rings (SSSR count). The fourth-order valence-electron chi connectivity index (χ4n) is 3.97. The van der Waals surface area contributed by atoms with Crippen molar-refractivity contribution >= 4 is 29.1 Å². The van der Waals surface area contributed by atoms with Gasteiger partial charge in [0.2, 0.25) is 11.9 Å². The first-order chi connectivity index (χ1) is 13.8. The molecule has 1 fully saturated rings. The summed E-state index contributed by atoms with van der Waals surface area (Å²) in [6.45, 7) is 1.51. The second-order valence-electron chi connectivity index (χ2n) is 7.25. The third-order valence-corrected chi connectivity index (χ3v) is 5.55. The fraction of sp³-hybridized carbons (Fsp3) is 0.350. The second kappa shape index (κ2) is 7.03. The number of amides is 1. The van der Waals surface area contributed by atoms with Gasteiger partial charge in [0.25, 0.3) is 0 Å². The van der Waals surface area contributed by atoms with Gasteiger partial charge in [-0.15, -0.1) is 0 Å². The molecule has 3 aromatic rings. The second-order valence-corrected chi connectivity index (χ2v) is 7.25. The van der Waals surface area contributed by atoms with E-state index < -0.39 is 0 Å². The van der Waals surface area contributed by atoms with E-state index in [9.17, 15) is 4.79 Å². The Morgan fingerprint density at radius 2 is 1.93 bits per heavy atom. The summed E-state index contributed by atoms with van der Waals surface area (Å²) in [6.07, 6.45) is 7.66. The third kappa shape index (κ3) is 3.00. The highest BCUT2D eigenvalue weighted by Crippen LogP contribution is 2.32. The summed E-state index contributed by atoms with van der Waals surface area (Å²) in [7, 11) is 0. The van der Waals surface area contributed by atoms with Crippen molar-refractivity contribution in [3.8, 4) is 0 Å². The quantitative estimate of drug-likeness (QED) is 0.760. The predicted octanol–water partition coefficient (Wildman–Crippen LogP) is 2.53. The Morgan fingerprint density at radius 1 is 1.11 bits per heavy atom. The fourth-order valence-corrected chi connectivity index (χ4v) is 3.97. The minimum absolute atomic E-state index is 0.0119. The summed E-state index contributed by atoms with van der Waals surface area (Å²) in [5.41, 5.74) is 1.87. The molecular weight excluding hydrogens is 354 g/mol. The molecule has 8 nitrogen and oxygen atoms in total. The highest BCUT2D eigenvalue weighted by atomic mass is 16.2. The van der Waals surface area contributed by atoms with Gasteiger partial charge in [0, 0.05) is 37.8 Å². The van der Waals surface area contributed by atoms with Gasteiger partial charge in [-0.3, -0.25) is 9.89 Å². The SMILES string of the molecule is O=C(C1CCN(c2ncc3cn[nH]c3n2)CC1)N1N=CC[C@H]1c1ccccc1. The molecule has 1 amide bonds. The van der Waals surface area contributed by atoms with Crippen molar-refractivity contribution in [3.05, 3.63) is 48.3 Å². The number of nitrogens with zero attached hydrogens (tertiary/aromatic N) is 6. The first-order valence-corrected chi connectivity index (χ1v) is 9.61. The third-order valence-electron chi connectivity index (χ3n) is 5.55. The van der Waals surface area contributed by atoms with Crippen molar-refractivity contribution in [1.82, 2.24) is 25.2 Å². The number of H-pyrrole nitrogens is 1. The average Bonchev–Trinajstić information content (AvgIpc) is 3.43. The summed E-state index contributed by atoms with van der Waals surface area (Å²) < 4.78 is 0. The summed E-state index contributed by atoms with van der Waals surface area (Å²) in [5, 5.41) is 13.8. The van der Waals surface area contributed by atoms with Crippen LogP contribution in [-0.4, -0.2) is 50.4 Å². The Morgan fingerprint density at radius 3 is 2.75 bits per heavy atom. The Kier molecular flexibility index (Phi) is 4.23. The zero-order chi connectivity index (χ0) is 18.9. The molecule has 1 aromatic carbocycles. The van der Waals surface area contributed by atoms with E-state index in [0.29, 0.717) is 5.95 Å². The molecule has 0 unspecified atom stereocenters. The number of benzene rings is 1. The predicted molar refractivity (Wildman–Crippen MR) is 106 cm³/mol. The van der Waals surface area contributed by atoms with Gasteiger partial charge in [-0.05, 0) is 18.4 Å². The lowest BCUT2D eigenvalue weighted by atomic mass is 9.94. The normalized spacial score (nSPS) is 20.2. The minimum atomic E-state index is -0.0198. The number of carbonyl (C=O) groups is 1. The van der Waals surface area contributed by atoms with Crippen molar-refractivity contribution in [2.75, 3.05) is 18.0 Å². The molecule has 142 valence electrons. The van der Waals surface area contributed by atoms with Gasteiger partial charge >= 0.3 is 0 Å². The van der Waals surface area contributed by atoms with Crippen molar-refractivity contribution in [2.45, 2.75) is 25.3 Å². The summed E-state index contributed by atoms with van der Waals surface area (Å²) in [5.74, 6) is 0.782. The van der Waals surface area contributed by atoms with Gasteiger partial charge in [0.05, 0.1) is 17.6 Å². The summed E-state index contributed by atoms with van der Waals surface area (Å²) in [6, 6.07) is 10.1. The Labute approximate surface area is 162 Å². The van der Waals surface area contributed by atoms with Crippen LogP contribution in [0, 0.1) is 5.92 Å². The van der Waals surface area contributed by atoms with E-state index in [1.165, 1.54) is 0 Å². The number of aromatic nitrogens is 4. The van der Waals surface area contributed by atoms with Gasteiger partial charge in [-0.25, -0.2) is 9.99 Å². The molecule has 2 aromatic heterocycles. The number of hydrazone groups is 1. The monoisotopic (exact) mass is 375 g/mol. The maximum atomic E-state index is 13.1. The van der Waals surface area contributed by atoms with Crippen LogP contribution in [0.15, 0.2) is 47.8 Å². The molecule has 1 atom stereocenters. The number of anilines is 1. The molecular formula is C20H21N7O. The van der Waals surface area contributed by atoms with Gasteiger partial charge in [0.15, 0.2) is 5.65 Å². The number of hydrogen-bond donors (Lipinski definition) is 1. The van der Waals surface area contributed by atoms with Crippen LogP contribution in [0.4, 0.5) is 5.95 Å². The van der Waals surface area contributed by atoms with Crippen LogP contribution in [0.2, 0.25) is 0 Å². The zero-order valence-electron chi connectivity index (χ0n) is 15.4. The van der Waals surface area contributed by atoms with E-state index in [4.69, 9.17) is 0 Å². The first-order valence-electron chi connectivity index (χ1n) is 9.61. The van der Waals surface area contributed by atoms with E-state index in [0.717, 1.165) is 48.9 Å². The average molecular weight is 375 g/mol. The van der Waals surface area contributed by atoms with Crippen LogP contribution in [-0.2, 0) is 4.79 Å². The molecule has 0 spiro atoms. The standard InChI is InChI=1S/C20H21N7O/c28-19(27-17(6-9-23-27)14-4-2-1-3-5-14)15-7-10-26(11-8-15)20-21-12-16-13-22-25-18(16)24-20/h1-5,9,12-13,15,17H,6-8,10-11H2,(H,21,22,24,25)/t17-/m0/s1. The Hall–Kier alpha value is -3.29. The number of rotatable bonds is 3. The number of fused-ring (bicyclic) bond motifs is 1. The van der Waals surface area contributed by atoms with Crippen LogP contribution in [0.3, 0.4) is 0 Å². The smallest absolute Gasteiger partial charge is 0.246 e. The lowest BCUT2D eigenvalue weighted by molar-refractivity contribution is -0.138. The van der Waals surface area contributed by atoms with E-state index in [1.807, 2.05) is 24.4 Å². The van der Waals surface area contributed by atoms with Crippen molar-refractivity contribution in [2.24, 2.45) is 11.0 Å². The van der Waals surface area contributed by atoms with Crippen LogP contribution in [0.1, 0.15) is 30.9 Å². The molecule has 4 heterocycles. The van der Waals surface area contributed by atoms with E-state index in [-0.39, 0.29) is 17.9 Å². The number of piperidine rings is 1. The molecule has 1 N–H and O–H groups in total. The van der Waals surface area contributed by atoms with Crippen molar-refractivity contribution in [1.29, 1.82) is 0 Å². The number of carbonyl (C=O) groups excluding carboxylic acids is 1.